The second-order valence-electron chi connectivity index (χ2n) is 3.28. The second-order valence-corrected chi connectivity index (χ2v) is 4.13. The average molecular weight is 225 g/mol. The van der Waals surface area contributed by atoms with Crippen molar-refractivity contribution in [2.24, 2.45) is 0 Å². The van der Waals surface area contributed by atoms with Crippen LogP contribution >= 0.6 is 11.8 Å². The summed E-state index contributed by atoms with van der Waals surface area (Å²) in [5.41, 5.74) is 0.788. The van der Waals surface area contributed by atoms with Crippen molar-refractivity contribution in [3.8, 4) is 0 Å². The van der Waals surface area contributed by atoms with Crippen LogP contribution in [0.15, 0.2) is 29.2 Å². The van der Waals surface area contributed by atoms with Crippen LogP contribution in [0.5, 0.6) is 0 Å². The van der Waals surface area contributed by atoms with Gasteiger partial charge in [0.25, 0.3) is 0 Å². The van der Waals surface area contributed by atoms with Gasteiger partial charge in [-0.25, -0.2) is 4.79 Å². The Balaban J connectivity index is 2.67. The molecule has 0 atom stereocenters. The zero-order chi connectivity index (χ0) is 11.3. The SMILES string of the molecule is CSc1ccccc1NC(=O)OC(C)C. The van der Waals surface area contributed by atoms with Gasteiger partial charge in [-0.05, 0) is 32.2 Å². The van der Waals surface area contributed by atoms with E-state index in [9.17, 15) is 4.79 Å². The van der Waals surface area contributed by atoms with Gasteiger partial charge in [-0.2, -0.15) is 0 Å². The van der Waals surface area contributed by atoms with Crippen LogP contribution in [0.25, 0.3) is 0 Å². The number of carbonyl (C=O) groups is 1. The molecule has 82 valence electrons. The number of anilines is 1. The highest BCUT2D eigenvalue weighted by molar-refractivity contribution is 7.98. The summed E-state index contributed by atoms with van der Waals surface area (Å²) in [6, 6.07) is 7.62. The summed E-state index contributed by atoms with van der Waals surface area (Å²) in [5.74, 6) is 0. The molecule has 0 spiro atoms. The number of ether oxygens (including phenoxy) is 1. The number of amides is 1. The first-order chi connectivity index (χ1) is 7.13. The van der Waals surface area contributed by atoms with Crippen molar-refractivity contribution in [3.05, 3.63) is 24.3 Å². The zero-order valence-electron chi connectivity index (χ0n) is 9.11. The summed E-state index contributed by atoms with van der Waals surface area (Å²) < 4.78 is 4.99. The van der Waals surface area contributed by atoms with Crippen molar-refractivity contribution >= 4 is 23.5 Å². The third kappa shape index (κ3) is 3.83. The zero-order valence-corrected chi connectivity index (χ0v) is 9.93. The Hall–Kier alpha value is -1.16. The van der Waals surface area contributed by atoms with Crippen molar-refractivity contribution in [1.82, 2.24) is 0 Å². The molecule has 0 unspecified atom stereocenters. The summed E-state index contributed by atoms with van der Waals surface area (Å²) in [6.45, 7) is 3.64. The number of nitrogens with one attached hydrogen (secondary N) is 1. The lowest BCUT2D eigenvalue weighted by Gasteiger charge is -2.11. The van der Waals surface area contributed by atoms with E-state index in [1.165, 1.54) is 0 Å². The van der Waals surface area contributed by atoms with Crippen molar-refractivity contribution < 1.29 is 9.53 Å². The van der Waals surface area contributed by atoms with Crippen LogP contribution in [0.2, 0.25) is 0 Å². The molecule has 0 aliphatic rings. The molecule has 4 heteroatoms. The number of hydrogen-bond acceptors (Lipinski definition) is 3. The molecule has 0 bridgehead atoms. The van der Waals surface area contributed by atoms with Crippen LogP contribution in [0.3, 0.4) is 0 Å². The monoisotopic (exact) mass is 225 g/mol. The van der Waals surface area contributed by atoms with Gasteiger partial charge in [-0.15, -0.1) is 11.8 Å². The molecule has 0 aliphatic heterocycles. The molecule has 1 amide bonds. The van der Waals surface area contributed by atoms with Crippen LogP contribution in [-0.4, -0.2) is 18.5 Å². The van der Waals surface area contributed by atoms with Gasteiger partial charge < -0.3 is 4.74 Å². The normalized spacial score (nSPS) is 10.1. The van der Waals surface area contributed by atoms with Gasteiger partial charge in [0.15, 0.2) is 0 Å². The molecule has 0 fully saturated rings. The minimum atomic E-state index is -0.411. The molecule has 1 aromatic rings. The molecule has 0 saturated carbocycles. The molecular formula is C11H15NO2S. The van der Waals surface area contributed by atoms with Crippen molar-refractivity contribution in [1.29, 1.82) is 0 Å². The Morgan fingerprint density at radius 3 is 2.67 bits per heavy atom. The van der Waals surface area contributed by atoms with E-state index < -0.39 is 6.09 Å². The van der Waals surface area contributed by atoms with Gasteiger partial charge in [0, 0.05) is 4.90 Å². The fourth-order valence-electron chi connectivity index (χ4n) is 1.10. The minimum absolute atomic E-state index is 0.105. The Morgan fingerprint density at radius 2 is 2.07 bits per heavy atom. The second kappa shape index (κ2) is 5.66. The Labute approximate surface area is 94.2 Å². The number of para-hydroxylation sites is 1. The molecule has 1 N–H and O–H groups in total. The van der Waals surface area contributed by atoms with Gasteiger partial charge in [0.2, 0.25) is 0 Å². The minimum Gasteiger partial charge on any atom is -0.447 e. The van der Waals surface area contributed by atoms with Crippen molar-refractivity contribution in [2.75, 3.05) is 11.6 Å². The molecule has 0 heterocycles. The molecule has 0 radical (unpaired) electrons. The first kappa shape index (κ1) is 11.9. The van der Waals surface area contributed by atoms with Gasteiger partial charge >= 0.3 is 6.09 Å². The van der Waals surface area contributed by atoms with E-state index in [4.69, 9.17) is 4.74 Å². The average Bonchev–Trinajstić information content (AvgIpc) is 2.17. The van der Waals surface area contributed by atoms with E-state index in [2.05, 4.69) is 5.32 Å². The van der Waals surface area contributed by atoms with Crippen molar-refractivity contribution in [2.45, 2.75) is 24.8 Å². The van der Waals surface area contributed by atoms with Crippen molar-refractivity contribution in [3.63, 3.8) is 0 Å². The molecule has 1 aromatic carbocycles. The van der Waals surface area contributed by atoms with Gasteiger partial charge in [0.1, 0.15) is 0 Å². The summed E-state index contributed by atoms with van der Waals surface area (Å²) in [5, 5.41) is 2.71. The third-order valence-corrected chi connectivity index (χ3v) is 2.48. The fraction of sp³-hybridized carbons (Fsp3) is 0.364. The van der Waals surface area contributed by atoms with Crippen LogP contribution in [0.1, 0.15) is 13.8 Å². The number of rotatable bonds is 3. The number of benzene rings is 1. The fourth-order valence-corrected chi connectivity index (χ4v) is 1.66. The Morgan fingerprint density at radius 1 is 1.40 bits per heavy atom. The summed E-state index contributed by atoms with van der Waals surface area (Å²) in [7, 11) is 0. The Bertz CT molecular complexity index is 339. The van der Waals surface area contributed by atoms with Gasteiger partial charge in [-0.3, -0.25) is 5.32 Å². The lowest BCUT2D eigenvalue weighted by Crippen LogP contribution is -2.18. The molecule has 0 aromatic heterocycles. The third-order valence-electron chi connectivity index (χ3n) is 1.69. The Kier molecular flexibility index (Phi) is 4.49. The van der Waals surface area contributed by atoms with E-state index >= 15 is 0 Å². The van der Waals surface area contributed by atoms with E-state index in [-0.39, 0.29) is 6.10 Å². The predicted octanol–water partition coefficient (Wildman–Crippen LogP) is 3.37. The lowest BCUT2D eigenvalue weighted by atomic mass is 10.3. The maximum atomic E-state index is 11.3. The quantitative estimate of drug-likeness (QED) is 0.801. The topological polar surface area (TPSA) is 38.3 Å². The number of hydrogen-bond donors (Lipinski definition) is 1. The van der Waals surface area contributed by atoms with Gasteiger partial charge in [0.05, 0.1) is 11.8 Å². The molecular weight excluding hydrogens is 210 g/mol. The highest BCUT2D eigenvalue weighted by atomic mass is 32.2. The largest absolute Gasteiger partial charge is 0.447 e. The standard InChI is InChI=1S/C11H15NO2S/c1-8(2)14-11(13)12-9-6-4-5-7-10(9)15-3/h4-8H,1-3H3,(H,12,13). The van der Waals surface area contributed by atoms with Gasteiger partial charge in [-0.1, -0.05) is 12.1 Å². The van der Waals surface area contributed by atoms with Crippen LogP contribution in [0.4, 0.5) is 10.5 Å². The van der Waals surface area contributed by atoms with Crippen LogP contribution in [-0.2, 0) is 4.74 Å². The highest BCUT2D eigenvalue weighted by Gasteiger charge is 2.07. The van der Waals surface area contributed by atoms with E-state index in [1.54, 1.807) is 11.8 Å². The maximum absolute atomic E-state index is 11.3. The first-order valence-corrected chi connectivity index (χ1v) is 5.96. The van der Waals surface area contributed by atoms with E-state index in [0.717, 1.165) is 10.6 Å². The molecule has 15 heavy (non-hydrogen) atoms. The predicted molar refractivity (Wildman–Crippen MR) is 63.5 cm³/mol. The summed E-state index contributed by atoms with van der Waals surface area (Å²) in [4.78, 5) is 12.4. The molecule has 0 aliphatic carbocycles. The highest BCUT2D eigenvalue weighted by Crippen LogP contribution is 2.24. The summed E-state index contributed by atoms with van der Waals surface area (Å²) >= 11 is 1.59. The molecule has 1 rings (SSSR count). The lowest BCUT2D eigenvalue weighted by molar-refractivity contribution is 0.130. The number of thioether (sulfide) groups is 1. The first-order valence-electron chi connectivity index (χ1n) is 4.74. The number of carbonyl (C=O) groups excluding carboxylic acids is 1. The van der Waals surface area contributed by atoms with E-state index in [0.29, 0.717) is 0 Å². The molecule has 0 saturated heterocycles. The van der Waals surface area contributed by atoms with Crippen LogP contribution in [0, 0.1) is 0 Å². The van der Waals surface area contributed by atoms with E-state index in [1.807, 2.05) is 44.4 Å². The molecule has 3 nitrogen and oxygen atoms in total. The summed E-state index contributed by atoms with van der Waals surface area (Å²) in [6.07, 6.45) is 1.45. The smallest absolute Gasteiger partial charge is 0.411 e. The maximum Gasteiger partial charge on any atom is 0.411 e. The van der Waals surface area contributed by atoms with Crippen LogP contribution < -0.4 is 5.32 Å².